The number of benzene rings is 2. The fourth-order valence-corrected chi connectivity index (χ4v) is 7.99. The van der Waals surface area contributed by atoms with Crippen molar-refractivity contribution < 1.29 is 27.8 Å². The molecule has 12 heteroatoms. The molecule has 2 aromatic carbocycles. The van der Waals surface area contributed by atoms with Crippen LogP contribution in [-0.2, 0) is 0 Å². The van der Waals surface area contributed by atoms with E-state index in [4.69, 9.17) is 14.5 Å². The van der Waals surface area contributed by atoms with Gasteiger partial charge < -0.3 is 24.8 Å². The molecule has 0 aliphatic carbocycles. The van der Waals surface area contributed by atoms with Gasteiger partial charge in [-0.2, -0.15) is 9.97 Å². The van der Waals surface area contributed by atoms with Crippen LogP contribution >= 0.6 is 0 Å². The third kappa shape index (κ3) is 4.80. The summed E-state index contributed by atoms with van der Waals surface area (Å²) >= 11 is 0. The van der Waals surface area contributed by atoms with Crippen LogP contribution in [0.3, 0.4) is 0 Å². The molecule has 2 aromatic heterocycles. The lowest BCUT2D eigenvalue weighted by molar-refractivity contribution is 0.107. The summed E-state index contributed by atoms with van der Waals surface area (Å²) in [7, 11) is 0. The molecule has 45 heavy (non-hydrogen) atoms. The Labute approximate surface area is 258 Å². The highest BCUT2D eigenvalue weighted by atomic mass is 19.1. The van der Waals surface area contributed by atoms with Crippen molar-refractivity contribution in [1.29, 1.82) is 0 Å². The molecule has 0 spiro atoms. The molecule has 236 valence electrons. The molecule has 2 N–H and O–H groups in total. The molecule has 4 aromatic rings. The van der Waals surface area contributed by atoms with E-state index in [1.54, 1.807) is 13.0 Å². The molecule has 2 bridgehead atoms. The summed E-state index contributed by atoms with van der Waals surface area (Å²) in [5, 5.41) is 15.0. The minimum atomic E-state index is -0.921. The predicted molar refractivity (Wildman–Crippen MR) is 164 cm³/mol. The largest absolute Gasteiger partial charge is 0.508 e. The number of ether oxygens (including phenoxy) is 2. The quantitative estimate of drug-likeness (QED) is 0.292. The number of alkyl halides is 1. The van der Waals surface area contributed by atoms with E-state index in [1.165, 1.54) is 24.3 Å². The van der Waals surface area contributed by atoms with E-state index in [1.807, 2.05) is 0 Å². The molecule has 0 amide bonds. The Morgan fingerprint density at radius 3 is 2.67 bits per heavy atom. The van der Waals surface area contributed by atoms with Crippen molar-refractivity contribution in [2.75, 3.05) is 44.3 Å². The van der Waals surface area contributed by atoms with Gasteiger partial charge in [0.1, 0.15) is 46.8 Å². The van der Waals surface area contributed by atoms with Crippen molar-refractivity contribution in [3.63, 3.8) is 0 Å². The minimum absolute atomic E-state index is 0.0163. The third-order valence-corrected chi connectivity index (χ3v) is 9.91. The van der Waals surface area contributed by atoms with Gasteiger partial charge in [0.25, 0.3) is 0 Å². The molecule has 4 aliphatic rings. The van der Waals surface area contributed by atoms with Crippen LogP contribution in [0.5, 0.6) is 17.6 Å². The molecule has 0 unspecified atom stereocenters. The van der Waals surface area contributed by atoms with Crippen molar-refractivity contribution in [1.82, 2.24) is 25.2 Å². The highest BCUT2D eigenvalue weighted by Gasteiger charge is 2.49. The van der Waals surface area contributed by atoms with Crippen LogP contribution in [0.1, 0.15) is 39.0 Å². The number of nitrogens with one attached hydrogen (secondary N) is 1. The second kappa shape index (κ2) is 10.9. The lowest BCUT2D eigenvalue weighted by Crippen LogP contribution is -2.51. The molecule has 9 nitrogen and oxygen atoms in total. The number of anilines is 1. The van der Waals surface area contributed by atoms with Gasteiger partial charge in [-0.3, -0.25) is 4.90 Å². The van der Waals surface area contributed by atoms with E-state index < -0.39 is 23.3 Å². The number of aromatic hydroxyl groups is 1. The number of phenolic OH excluding ortho intramolecular Hbond substituents is 1. The molecule has 4 saturated heterocycles. The topological polar surface area (TPSA) is 95.9 Å². The second-order valence-corrected chi connectivity index (χ2v) is 12.8. The molecule has 6 heterocycles. The van der Waals surface area contributed by atoms with Crippen LogP contribution in [0.15, 0.2) is 30.3 Å². The number of halogens is 3. The highest BCUT2D eigenvalue weighted by molar-refractivity contribution is 6.02. The Balaban J connectivity index is 1.31. The standard InChI is InChI=1S/C33H35F3N6O3/c1-2-44-31-26-29(27(36)28(38-31)23-12-22(43)11-18-5-3-6-24(35)25(18)23)39-32(40-30(26)41-15-20-7-8-21(16-41)37-20)45-17-33-9-4-10-42(33)14-19(34)13-33/h3,5-6,11-12,19-21,37,43H,2,4,7-10,13-17H2,1H3/t19-,20-,21+,33+/m1/s1. The molecule has 8 rings (SSSR count). The van der Waals surface area contributed by atoms with Gasteiger partial charge in [-0.15, -0.1) is 0 Å². The maximum Gasteiger partial charge on any atom is 0.319 e. The smallest absolute Gasteiger partial charge is 0.319 e. The zero-order valence-electron chi connectivity index (χ0n) is 25.0. The number of phenols is 1. The number of hydrogen-bond acceptors (Lipinski definition) is 9. The average Bonchev–Trinajstić information content (AvgIpc) is 3.67. The van der Waals surface area contributed by atoms with E-state index in [-0.39, 0.29) is 65.1 Å². The second-order valence-electron chi connectivity index (χ2n) is 12.8. The number of fused-ring (bicyclic) bond motifs is 5. The van der Waals surface area contributed by atoms with Gasteiger partial charge in [-0.25, -0.2) is 18.2 Å². The van der Waals surface area contributed by atoms with Crippen LogP contribution in [-0.4, -0.2) is 88.1 Å². The average molecular weight is 621 g/mol. The van der Waals surface area contributed by atoms with E-state index in [0.717, 1.165) is 32.2 Å². The summed E-state index contributed by atoms with van der Waals surface area (Å²) in [5.74, 6) is -0.971. The number of hydrogen-bond donors (Lipinski definition) is 2. The number of pyridine rings is 1. The fraction of sp³-hybridized carbons (Fsp3) is 0.485. The van der Waals surface area contributed by atoms with Crippen molar-refractivity contribution >= 4 is 27.5 Å². The monoisotopic (exact) mass is 620 g/mol. The zero-order chi connectivity index (χ0) is 30.9. The SMILES string of the molecule is CCOc1nc(-c2cc(O)cc3cccc(F)c23)c(F)c2nc(OC[C@@]34CCCN3C[C@H](F)C4)nc(N3C[C@H]4CC[C@@H](C3)N4)c12. The third-order valence-electron chi connectivity index (χ3n) is 9.91. The van der Waals surface area contributed by atoms with Gasteiger partial charge >= 0.3 is 6.01 Å². The van der Waals surface area contributed by atoms with Gasteiger partial charge in [-0.05, 0) is 62.7 Å². The van der Waals surface area contributed by atoms with Crippen LogP contribution in [0.4, 0.5) is 19.0 Å². The van der Waals surface area contributed by atoms with Crippen LogP contribution in [0.25, 0.3) is 32.9 Å². The number of rotatable bonds is 7. The Kier molecular flexibility index (Phi) is 6.90. The van der Waals surface area contributed by atoms with E-state index in [2.05, 4.69) is 25.1 Å². The zero-order valence-corrected chi connectivity index (χ0v) is 25.0. The van der Waals surface area contributed by atoms with E-state index in [9.17, 15) is 9.50 Å². The fourth-order valence-electron chi connectivity index (χ4n) is 7.99. The van der Waals surface area contributed by atoms with E-state index >= 15 is 8.78 Å². The Hall–Kier alpha value is -3.90. The van der Waals surface area contributed by atoms with Crippen molar-refractivity contribution in [2.24, 2.45) is 0 Å². The first-order valence-electron chi connectivity index (χ1n) is 15.8. The van der Waals surface area contributed by atoms with E-state index in [0.29, 0.717) is 42.6 Å². The summed E-state index contributed by atoms with van der Waals surface area (Å²) < 4.78 is 58.9. The first-order chi connectivity index (χ1) is 21.8. The number of piperazine rings is 1. The molecule has 4 atom stereocenters. The van der Waals surface area contributed by atoms with Gasteiger partial charge in [0.15, 0.2) is 5.82 Å². The summed E-state index contributed by atoms with van der Waals surface area (Å²) in [5.41, 5.74) is -0.642. The van der Waals surface area contributed by atoms with Gasteiger partial charge in [0.2, 0.25) is 5.88 Å². The van der Waals surface area contributed by atoms with Gasteiger partial charge in [0, 0.05) is 49.1 Å². The van der Waals surface area contributed by atoms with Crippen LogP contribution < -0.4 is 19.7 Å². The summed E-state index contributed by atoms with van der Waals surface area (Å²) in [6.45, 7) is 4.72. The summed E-state index contributed by atoms with van der Waals surface area (Å²) in [4.78, 5) is 18.3. The maximum atomic E-state index is 16.9. The molecule has 4 fully saturated rings. The molecule has 0 radical (unpaired) electrons. The lowest BCUT2D eigenvalue weighted by atomic mass is 9.95. The Morgan fingerprint density at radius 2 is 1.87 bits per heavy atom. The number of nitrogens with zero attached hydrogens (tertiary/aromatic N) is 5. The first kappa shape index (κ1) is 28.6. The minimum Gasteiger partial charge on any atom is -0.508 e. The Bertz CT molecular complexity index is 1800. The molecule has 4 aliphatic heterocycles. The first-order valence-corrected chi connectivity index (χ1v) is 15.8. The molecular weight excluding hydrogens is 585 g/mol. The maximum absolute atomic E-state index is 16.9. The number of aromatic nitrogens is 3. The molecule has 0 saturated carbocycles. The van der Waals surface area contributed by atoms with Gasteiger partial charge in [0.05, 0.1) is 12.1 Å². The summed E-state index contributed by atoms with van der Waals surface area (Å²) in [6, 6.07) is 7.69. The predicted octanol–water partition coefficient (Wildman–Crippen LogP) is 5.12. The lowest BCUT2D eigenvalue weighted by Gasteiger charge is -2.35. The van der Waals surface area contributed by atoms with Crippen LogP contribution in [0, 0.1) is 11.6 Å². The van der Waals surface area contributed by atoms with Crippen LogP contribution in [0.2, 0.25) is 0 Å². The Morgan fingerprint density at radius 1 is 1.04 bits per heavy atom. The summed E-state index contributed by atoms with van der Waals surface area (Å²) in [6.07, 6.45) is 3.28. The normalized spacial score (nSPS) is 26.2. The van der Waals surface area contributed by atoms with Crippen molar-refractivity contribution in [3.8, 4) is 28.9 Å². The van der Waals surface area contributed by atoms with Crippen molar-refractivity contribution in [3.05, 3.63) is 42.0 Å². The molecular formula is C33H35F3N6O3. The van der Waals surface area contributed by atoms with Crippen molar-refractivity contribution in [2.45, 2.75) is 62.8 Å². The van der Waals surface area contributed by atoms with Gasteiger partial charge in [-0.1, -0.05) is 12.1 Å². The highest BCUT2D eigenvalue weighted by Crippen LogP contribution is 2.43.